The van der Waals surface area contributed by atoms with Crippen LogP contribution in [0.5, 0.6) is 11.5 Å². The minimum absolute atomic E-state index is 0.261. The largest absolute Gasteiger partial charge is 0.508 e. The molecule has 0 radical (unpaired) electrons. The first kappa shape index (κ1) is 16.5. The van der Waals surface area contributed by atoms with Gasteiger partial charge in [0.1, 0.15) is 11.5 Å². The number of likely N-dealkylation sites (tertiary alicyclic amines) is 1. The lowest BCUT2D eigenvalue weighted by molar-refractivity contribution is 0.0524. The van der Waals surface area contributed by atoms with Crippen LogP contribution < -0.4 is 0 Å². The molecular weight excluding hydrogens is 310 g/mol. The van der Waals surface area contributed by atoms with Crippen molar-refractivity contribution in [2.75, 3.05) is 13.1 Å². The van der Waals surface area contributed by atoms with E-state index < -0.39 is 0 Å². The van der Waals surface area contributed by atoms with Crippen LogP contribution in [0.1, 0.15) is 43.2 Å². The average Bonchev–Trinajstić information content (AvgIpc) is 2.63. The molecule has 1 aliphatic heterocycles. The first-order chi connectivity index (χ1) is 12.1. The van der Waals surface area contributed by atoms with Crippen LogP contribution in [0.25, 0.3) is 0 Å². The summed E-state index contributed by atoms with van der Waals surface area (Å²) in [5.74, 6) is 0.730. The fraction of sp³-hybridized carbons (Fsp3) is 0.455. The number of fused-ring (bicyclic) bond motifs is 2. The van der Waals surface area contributed by atoms with Gasteiger partial charge in [-0.2, -0.15) is 0 Å². The minimum atomic E-state index is 0.261. The maximum Gasteiger partial charge on any atom is 0.115 e. The zero-order valence-corrected chi connectivity index (χ0v) is 14.7. The van der Waals surface area contributed by atoms with Gasteiger partial charge in [-0.1, -0.05) is 30.7 Å². The predicted octanol–water partition coefficient (Wildman–Crippen LogP) is 4.23. The Labute approximate surface area is 149 Å². The molecule has 0 spiro atoms. The Bertz CT molecular complexity index is 727. The van der Waals surface area contributed by atoms with Crippen LogP contribution in [0.4, 0.5) is 0 Å². The van der Waals surface area contributed by atoms with E-state index in [1.807, 2.05) is 24.3 Å². The van der Waals surface area contributed by atoms with Crippen LogP contribution in [0.2, 0.25) is 0 Å². The summed E-state index contributed by atoms with van der Waals surface area (Å²) < 4.78 is 0. The van der Waals surface area contributed by atoms with Gasteiger partial charge in [-0.3, -0.25) is 4.90 Å². The quantitative estimate of drug-likeness (QED) is 0.877. The van der Waals surface area contributed by atoms with Crippen molar-refractivity contribution >= 4 is 0 Å². The number of hydrogen-bond donors (Lipinski definition) is 2. The van der Waals surface area contributed by atoms with Gasteiger partial charge in [0.25, 0.3) is 0 Å². The molecule has 2 bridgehead atoms. The molecule has 3 heteroatoms. The zero-order valence-electron chi connectivity index (χ0n) is 14.7. The number of piperidine rings is 1. The van der Waals surface area contributed by atoms with Crippen LogP contribution in [0, 0.1) is 0 Å². The number of aromatic hydroxyl groups is 2. The second-order valence-electron chi connectivity index (χ2n) is 7.78. The molecule has 1 saturated heterocycles. The Hall–Kier alpha value is -2.00. The molecule has 2 aromatic carbocycles. The van der Waals surface area contributed by atoms with E-state index in [-0.39, 0.29) is 5.41 Å². The number of hydrogen-bond acceptors (Lipinski definition) is 3. The fourth-order valence-electron chi connectivity index (χ4n) is 4.88. The van der Waals surface area contributed by atoms with E-state index in [0.29, 0.717) is 17.5 Å². The van der Waals surface area contributed by atoms with Crippen molar-refractivity contribution in [2.45, 2.75) is 50.0 Å². The minimum Gasteiger partial charge on any atom is -0.508 e. The molecule has 1 saturated carbocycles. The number of phenols is 2. The van der Waals surface area contributed by atoms with Gasteiger partial charge in [0.15, 0.2) is 0 Å². The topological polar surface area (TPSA) is 43.7 Å². The van der Waals surface area contributed by atoms with Crippen molar-refractivity contribution in [3.05, 3.63) is 59.7 Å². The SMILES string of the molecule is Oc1ccc(CCN2CC[C@]3(c4cccc(O)c4)CCC[C@H]2C3)cc1. The average molecular weight is 337 g/mol. The van der Waals surface area contributed by atoms with E-state index in [1.54, 1.807) is 18.2 Å². The van der Waals surface area contributed by atoms with Crippen molar-refractivity contribution in [1.82, 2.24) is 4.90 Å². The van der Waals surface area contributed by atoms with Gasteiger partial charge in [-0.05, 0) is 79.5 Å². The molecule has 132 valence electrons. The highest BCUT2D eigenvalue weighted by Crippen LogP contribution is 2.47. The van der Waals surface area contributed by atoms with Gasteiger partial charge in [-0.15, -0.1) is 0 Å². The highest BCUT2D eigenvalue weighted by atomic mass is 16.3. The summed E-state index contributed by atoms with van der Waals surface area (Å²) >= 11 is 0. The summed E-state index contributed by atoms with van der Waals surface area (Å²) in [6, 6.07) is 16.2. The number of rotatable bonds is 4. The molecule has 4 rings (SSSR count). The highest BCUT2D eigenvalue weighted by molar-refractivity contribution is 5.34. The van der Waals surface area contributed by atoms with Crippen LogP contribution in [-0.2, 0) is 11.8 Å². The van der Waals surface area contributed by atoms with Gasteiger partial charge in [0, 0.05) is 12.6 Å². The maximum atomic E-state index is 9.89. The van der Waals surface area contributed by atoms with E-state index in [1.165, 1.54) is 43.2 Å². The first-order valence-electron chi connectivity index (χ1n) is 9.46. The summed E-state index contributed by atoms with van der Waals surface area (Å²) in [6.45, 7) is 2.23. The van der Waals surface area contributed by atoms with E-state index in [2.05, 4.69) is 11.0 Å². The van der Waals surface area contributed by atoms with Gasteiger partial charge < -0.3 is 10.2 Å². The Morgan fingerprint density at radius 1 is 1.00 bits per heavy atom. The molecule has 0 unspecified atom stereocenters. The molecule has 1 aliphatic carbocycles. The summed E-state index contributed by atoms with van der Waals surface area (Å²) in [5.41, 5.74) is 2.88. The fourth-order valence-corrected chi connectivity index (χ4v) is 4.88. The Morgan fingerprint density at radius 2 is 1.84 bits per heavy atom. The molecule has 2 fully saturated rings. The molecular formula is C22H27NO2. The predicted molar refractivity (Wildman–Crippen MR) is 100 cm³/mol. The third-order valence-electron chi connectivity index (χ3n) is 6.30. The number of phenolic OH excluding ortho intramolecular Hbond substituents is 2. The normalized spacial score (nSPS) is 26.5. The van der Waals surface area contributed by atoms with Crippen LogP contribution in [0.15, 0.2) is 48.5 Å². The highest BCUT2D eigenvalue weighted by Gasteiger charge is 2.43. The van der Waals surface area contributed by atoms with E-state index in [0.717, 1.165) is 19.5 Å². The smallest absolute Gasteiger partial charge is 0.115 e. The molecule has 2 aromatic rings. The molecule has 2 N–H and O–H groups in total. The molecule has 1 heterocycles. The van der Waals surface area contributed by atoms with Crippen molar-refractivity contribution in [2.24, 2.45) is 0 Å². The van der Waals surface area contributed by atoms with Gasteiger partial charge in [-0.25, -0.2) is 0 Å². The lowest BCUT2D eigenvalue weighted by Gasteiger charge is -2.51. The standard InChI is InChI=1S/C22H27NO2/c24-20-8-6-17(7-9-20)10-13-23-14-12-22(11-2-4-19(23)16-22)18-3-1-5-21(25)15-18/h1,3,5-9,15,19,24-25H,2,4,10-14,16H2/t19-,22+/m0/s1. The van der Waals surface area contributed by atoms with Gasteiger partial charge >= 0.3 is 0 Å². The van der Waals surface area contributed by atoms with E-state index in [4.69, 9.17) is 0 Å². The Kier molecular flexibility index (Phi) is 4.43. The second-order valence-corrected chi connectivity index (χ2v) is 7.78. The van der Waals surface area contributed by atoms with Crippen molar-refractivity contribution in [1.29, 1.82) is 0 Å². The second kappa shape index (κ2) is 6.72. The molecule has 3 nitrogen and oxygen atoms in total. The zero-order chi connectivity index (χ0) is 17.3. The van der Waals surface area contributed by atoms with Gasteiger partial charge in [0.05, 0.1) is 0 Å². The molecule has 2 aliphatic rings. The molecule has 25 heavy (non-hydrogen) atoms. The Morgan fingerprint density at radius 3 is 2.64 bits per heavy atom. The third kappa shape index (κ3) is 3.38. The monoisotopic (exact) mass is 337 g/mol. The summed E-state index contributed by atoms with van der Waals surface area (Å²) in [4.78, 5) is 2.66. The summed E-state index contributed by atoms with van der Waals surface area (Å²) in [7, 11) is 0. The number of nitrogens with zero attached hydrogens (tertiary/aromatic N) is 1. The maximum absolute atomic E-state index is 9.89. The molecule has 0 aromatic heterocycles. The van der Waals surface area contributed by atoms with Gasteiger partial charge in [0.2, 0.25) is 0 Å². The third-order valence-corrected chi connectivity index (χ3v) is 6.30. The van der Waals surface area contributed by atoms with Crippen LogP contribution in [0.3, 0.4) is 0 Å². The van der Waals surface area contributed by atoms with E-state index in [9.17, 15) is 10.2 Å². The molecule has 2 atom stereocenters. The first-order valence-corrected chi connectivity index (χ1v) is 9.46. The van der Waals surface area contributed by atoms with Crippen LogP contribution >= 0.6 is 0 Å². The lowest BCUT2D eigenvalue weighted by Crippen LogP contribution is -2.52. The van der Waals surface area contributed by atoms with Crippen molar-refractivity contribution in [3.8, 4) is 11.5 Å². The summed E-state index contributed by atoms with van der Waals surface area (Å²) in [5, 5.41) is 19.3. The lowest BCUT2D eigenvalue weighted by atomic mass is 9.63. The number of benzene rings is 2. The van der Waals surface area contributed by atoms with Crippen LogP contribution in [-0.4, -0.2) is 34.2 Å². The van der Waals surface area contributed by atoms with Crippen molar-refractivity contribution < 1.29 is 10.2 Å². The Balaban J connectivity index is 1.44. The molecule has 0 amide bonds. The summed E-state index contributed by atoms with van der Waals surface area (Å²) in [6.07, 6.45) is 7.25. The van der Waals surface area contributed by atoms with E-state index >= 15 is 0 Å². The van der Waals surface area contributed by atoms with Crippen molar-refractivity contribution in [3.63, 3.8) is 0 Å².